The Labute approximate surface area is 66.9 Å². The molecule has 0 bridgehead atoms. The van der Waals surface area contributed by atoms with Crippen LogP contribution in [-0.2, 0) is 0 Å². The maximum Gasteiger partial charge on any atom is 0.357 e. The van der Waals surface area contributed by atoms with E-state index in [2.05, 4.69) is 11.0 Å². The lowest BCUT2D eigenvalue weighted by Gasteiger charge is -1.81. The molecule has 0 aliphatic carbocycles. The van der Waals surface area contributed by atoms with Gasteiger partial charge in [0.25, 0.3) is 0 Å². The van der Waals surface area contributed by atoms with Crippen LogP contribution in [0.5, 0.6) is 0 Å². The van der Waals surface area contributed by atoms with Gasteiger partial charge in [-0.3, -0.25) is 0 Å². The zero-order valence-corrected chi connectivity index (χ0v) is 6.78. The second-order valence-electron chi connectivity index (χ2n) is 2.43. The summed E-state index contributed by atoms with van der Waals surface area (Å²) < 4.78 is 0. The maximum atomic E-state index is 3.98. The normalized spacial score (nSPS) is 8.18. The lowest BCUT2D eigenvalue weighted by Crippen LogP contribution is -1.96. The van der Waals surface area contributed by atoms with Crippen molar-refractivity contribution in [3.8, 4) is 6.07 Å². The van der Waals surface area contributed by atoms with Crippen molar-refractivity contribution in [3.63, 3.8) is 0 Å². The molecule has 0 heterocycles. The van der Waals surface area contributed by atoms with Gasteiger partial charge in [-0.2, -0.15) is 0 Å². The Kier molecular flexibility index (Phi) is 2.51. The van der Waals surface area contributed by atoms with E-state index in [1.165, 1.54) is 0 Å². The van der Waals surface area contributed by atoms with Gasteiger partial charge in [0.15, 0.2) is 0 Å². The van der Waals surface area contributed by atoms with E-state index in [0.29, 0.717) is 0 Å². The van der Waals surface area contributed by atoms with E-state index in [1.54, 1.807) is 5.01 Å². The van der Waals surface area contributed by atoms with E-state index in [4.69, 9.17) is 0 Å². The molecule has 0 N–H and O–H groups in total. The molecule has 0 unspecified atom stereocenters. The van der Waals surface area contributed by atoms with E-state index in [-0.39, 0.29) is 0 Å². The smallest absolute Gasteiger partial charge is 0.0751 e. The number of nitrogens with zero attached hydrogens (tertiary/aromatic N) is 2. The van der Waals surface area contributed by atoms with Crippen LogP contribution in [0.3, 0.4) is 0 Å². The van der Waals surface area contributed by atoms with E-state index in [1.807, 2.05) is 44.4 Å². The SMILES string of the molecule is CN(C)[N+]#Cc1ccccc1. The third-order valence-electron chi connectivity index (χ3n) is 1.15. The highest BCUT2D eigenvalue weighted by atomic mass is 15.4. The minimum atomic E-state index is 1.00. The van der Waals surface area contributed by atoms with Crippen molar-refractivity contribution in [1.82, 2.24) is 5.01 Å². The monoisotopic (exact) mass is 147 g/mol. The Morgan fingerprint density at radius 3 is 2.36 bits per heavy atom. The number of benzene rings is 1. The molecule has 0 spiro atoms. The van der Waals surface area contributed by atoms with Crippen LogP contribution in [-0.4, -0.2) is 19.1 Å². The summed E-state index contributed by atoms with van der Waals surface area (Å²) in [5, 5.41) is 1.72. The van der Waals surface area contributed by atoms with Gasteiger partial charge in [-0.1, -0.05) is 23.2 Å². The highest BCUT2D eigenvalue weighted by Gasteiger charge is 1.93. The largest absolute Gasteiger partial charge is 0.357 e. The summed E-state index contributed by atoms with van der Waals surface area (Å²) in [6.45, 7) is 0. The van der Waals surface area contributed by atoms with Gasteiger partial charge in [-0.25, -0.2) is 0 Å². The lowest BCUT2D eigenvalue weighted by molar-refractivity contribution is 0.557. The summed E-state index contributed by atoms with van der Waals surface area (Å²) >= 11 is 0. The molecule has 0 aliphatic rings. The minimum Gasteiger partial charge on any atom is -0.0751 e. The topological polar surface area (TPSA) is 7.60 Å². The zero-order valence-electron chi connectivity index (χ0n) is 6.78. The first kappa shape index (κ1) is 7.62. The van der Waals surface area contributed by atoms with Crippen LogP contribution < -0.4 is 0 Å². The summed E-state index contributed by atoms with van der Waals surface area (Å²) in [5.41, 5.74) is 1.00. The van der Waals surface area contributed by atoms with Gasteiger partial charge in [0.1, 0.15) is 5.56 Å². The summed E-state index contributed by atoms with van der Waals surface area (Å²) in [6, 6.07) is 12.7. The fourth-order valence-electron chi connectivity index (χ4n) is 0.670. The molecule has 0 atom stereocenters. The molecule has 0 radical (unpaired) electrons. The number of rotatable bonds is 0. The van der Waals surface area contributed by atoms with Crippen LogP contribution in [0.2, 0.25) is 0 Å². The Balaban J connectivity index is 2.75. The van der Waals surface area contributed by atoms with Crippen LogP contribution in [0.25, 0.3) is 4.95 Å². The van der Waals surface area contributed by atoms with Gasteiger partial charge >= 0.3 is 6.07 Å². The average Bonchev–Trinajstić information content (AvgIpc) is 2.03. The third kappa shape index (κ3) is 2.72. The van der Waals surface area contributed by atoms with Crippen molar-refractivity contribution >= 4 is 0 Å². The van der Waals surface area contributed by atoms with Gasteiger partial charge in [0.05, 0.1) is 19.0 Å². The minimum absolute atomic E-state index is 1.00. The molecule has 56 valence electrons. The van der Waals surface area contributed by atoms with Gasteiger partial charge in [0, 0.05) is 0 Å². The Morgan fingerprint density at radius 1 is 1.18 bits per heavy atom. The Bertz CT molecular complexity index is 267. The molecule has 1 aromatic carbocycles. The van der Waals surface area contributed by atoms with Crippen molar-refractivity contribution in [2.75, 3.05) is 14.1 Å². The highest BCUT2D eigenvalue weighted by Crippen LogP contribution is 1.95. The molecule has 0 amide bonds. The number of hydrogen-bond donors (Lipinski definition) is 0. The van der Waals surface area contributed by atoms with Crippen molar-refractivity contribution in [2.45, 2.75) is 0 Å². The molecule has 2 nitrogen and oxygen atoms in total. The van der Waals surface area contributed by atoms with Crippen LogP contribution in [0, 0.1) is 6.07 Å². The number of hydrogen-bond acceptors (Lipinski definition) is 1. The predicted molar refractivity (Wildman–Crippen MR) is 46.5 cm³/mol. The van der Waals surface area contributed by atoms with Crippen molar-refractivity contribution in [2.24, 2.45) is 0 Å². The van der Waals surface area contributed by atoms with Crippen LogP contribution in [0.4, 0.5) is 0 Å². The molecule has 0 saturated carbocycles. The van der Waals surface area contributed by atoms with E-state index >= 15 is 0 Å². The molecule has 0 aromatic heterocycles. The Morgan fingerprint density at radius 2 is 1.82 bits per heavy atom. The highest BCUT2D eigenvalue weighted by molar-refractivity contribution is 5.30. The molecule has 0 aliphatic heterocycles. The fourth-order valence-corrected chi connectivity index (χ4v) is 0.670. The molecule has 0 fully saturated rings. The zero-order chi connectivity index (χ0) is 8.10. The second-order valence-corrected chi connectivity index (χ2v) is 2.43. The van der Waals surface area contributed by atoms with Crippen molar-refractivity contribution < 1.29 is 0 Å². The van der Waals surface area contributed by atoms with Gasteiger partial charge < -0.3 is 0 Å². The molecule has 11 heavy (non-hydrogen) atoms. The molecular weight excluding hydrogens is 136 g/mol. The van der Waals surface area contributed by atoms with Crippen molar-refractivity contribution in [1.29, 1.82) is 0 Å². The summed E-state index contributed by atoms with van der Waals surface area (Å²) in [7, 11) is 3.74. The van der Waals surface area contributed by atoms with Crippen LogP contribution in [0.15, 0.2) is 30.3 Å². The molecule has 0 saturated heterocycles. The maximum absolute atomic E-state index is 3.98. The van der Waals surface area contributed by atoms with E-state index in [9.17, 15) is 0 Å². The Hall–Kier alpha value is -1.49. The van der Waals surface area contributed by atoms with Gasteiger partial charge in [0.2, 0.25) is 0 Å². The molecular formula is C9H11N2+. The molecule has 1 rings (SSSR count). The quantitative estimate of drug-likeness (QED) is 0.508. The van der Waals surface area contributed by atoms with Crippen molar-refractivity contribution in [3.05, 3.63) is 40.8 Å². The first-order valence-electron chi connectivity index (χ1n) is 3.48. The van der Waals surface area contributed by atoms with E-state index in [0.717, 1.165) is 5.56 Å². The standard InChI is InChI=1S/C9H11N2/c1-11(2)10-8-9-6-4-3-5-7-9/h3-7H,1-2H3/q+1. The predicted octanol–water partition coefficient (Wildman–Crippen LogP) is 1.84. The second kappa shape index (κ2) is 3.62. The summed E-state index contributed by atoms with van der Waals surface area (Å²) in [6.07, 6.45) is 0. The van der Waals surface area contributed by atoms with E-state index < -0.39 is 0 Å². The van der Waals surface area contributed by atoms with Gasteiger partial charge in [-0.15, -0.1) is 0 Å². The van der Waals surface area contributed by atoms with Crippen LogP contribution >= 0.6 is 0 Å². The first-order valence-corrected chi connectivity index (χ1v) is 3.48. The lowest BCUT2D eigenvalue weighted by atomic mass is 10.2. The van der Waals surface area contributed by atoms with Gasteiger partial charge in [-0.05, 0) is 12.1 Å². The summed E-state index contributed by atoms with van der Waals surface area (Å²) in [5.74, 6) is 0. The summed E-state index contributed by atoms with van der Waals surface area (Å²) in [4.78, 5) is 3.98. The first-order chi connectivity index (χ1) is 5.29. The van der Waals surface area contributed by atoms with Crippen LogP contribution in [0.1, 0.15) is 5.56 Å². The third-order valence-corrected chi connectivity index (χ3v) is 1.15. The average molecular weight is 147 g/mol. The molecule has 1 aromatic rings. The molecule has 2 heteroatoms. The fraction of sp³-hybridized carbons (Fsp3) is 0.222.